The van der Waals surface area contributed by atoms with Gasteiger partial charge in [0.2, 0.25) is 0 Å². The third kappa shape index (κ3) is 11.1. The van der Waals surface area contributed by atoms with Gasteiger partial charge in [-0.05, 0) is 0 Å². The predicted octanol–water partition coefficient (Wildman–Crippen LogP) is -2.68. The Morgan fingerprint density at radius 1 is 1.57 bits per heavy atom. The van der Waals surface area contributed by atoms with Gasteiger partial charge in [-0.2, -0.15) is 0 Å². The zero-order valence-electron chi connectivity index (χ0n) is 3.36. The molecule has 0 saturated heterocycles. The summed E-state index contributed by atoms with van der Waals surface area (Å²) in [6.45, 7) is 0. The summed E-state index contributed by atoms with van der Waals surface area (Å²) < 4.78 is 12.0. The fraction of sp³-hybridized carbons (Fsp3) is 0. The molecule has 0 saturated carbocycles. The van der Waals surface area contributed by atoms with Gasteiger partial charge in [-0.3, -0.25) is 4.62 Å². The second-order valence-electron chi connectivity index (χ2n) is 0.553. The van der Waals surface area contributed by atoms with E-state index in [0.29, 0.717) is 0 Å². The average molecular weight is 151 g/mol. The maximum absolute atomic E-state index is 9.12. The van der Waals surface area contributed by atoms with Gasteiger partial charge in [0.1, 0.15) is 0 Å². The molecule has 0 aliphatic carbocycles. The SMILES string of the molecule is NOP(=O)([O-])[O-].[Ca+2]. The van der Waals surface area contributed by atoms with E-state index < -0.39 is 7.82 Å². The molecule has 38 valence electrons. The molecule has 0 aliphatic heterocycles. The van der Waals surface area contributed by atoms with Crippen LogP contribution in [0.5, 0.6) is 0 Å². The van der Waals surface area contributed by atoms with Gasteiger partial charge in [-0.1, -0.05) is 0 Å². The number of hydrogen-bond donors (Lipinski definition) is 1. The molecule has 2 N–H and O–H groups in total. The molecule has 0 atom stereocenters. The maximum Gasteiger partial charge on any atom is 2.00 e. The zero-order valence-corrected chi connectivity index (χ0v) is 6.47. The fourth-order valence-corrected chi connectivity index (χ4v) is 0. The normalized spacial score (nSPS) is 10.1. The molecule has 0 heterocycles. The van der Waals surface area contributed by atoms with E-state index in [1.165, 1.54) is 0 Å². The van der Waals surface area contributed by atoms with E-state index >= 15 is 0 Å². The summed E-state index contributed by atoms with van der Waals surface area (Å²) in [5.74, 6) is 3.92. The standard InChI is InChI=1S/Ca.H4NO4P/c;1-5-6(2,3)4/h;1H2,(H2,2,3,4)/q+2;/p-2. The Hall–Kier alpha value is 1.33. The number of rotatable bonds is 1. The molecule has 5 nitrogen and oxygen atoms in total. The van der Waals surface area contributed by atoms with Crippen molar-refractivity contribution in [2.45, 2.75) is 0 Å². The molecule has 0 aromatic heterocycles. The smallest absolute Gasteiger partial charge is 0.788 e. The van der Waals surface area contributed by atoms with E-state index in [9.17, 15) is 0 Å². The van der Waals surface area contributed by atoms with Gasteiger partial charge in [-0.25, -0.2) is 5.90 Å². The fourth-order valence-electron chi connectivity index (χ4n) is 0. The molecular weight excluding hydrogens is 149 g/mol. The van der Waals surface area contributed by atoms with Gasteiger partial charge in [0.05, 0.1) is 7.82 Å². The molecule has 7 heteroatoms. The van der Waals surface area contributed by atoms with Gasteiger partial charge in [-0.15, -0.1) is 0 Å². The van der Waals surface area contributed by atoms with Crippen LogP contribution in [0.3, 0.4) is 0 Å². The molecule has 0 unspecified atom stereocenters. The van der Waals surface area contributed by atoms with Crippen LogP contribution in [0.25, 0.3) is 0 Å². The van der Waals surface area contributed by atoms with Crippen LogP contribution in [-0.4, -0.2) is 37.7 Å². The molecule has 0 fully saturated rings. The van der Waals surface area contributed by atoms with Gasteiger partial charge in [0, 0.05) is 0 Å². The van der Waals surface area contributed by atoms with Crippen molar-refractivity contribution in [1.82, 2.24) is 0 Å². The molecule has 0 radical (unpaired) electrons. The van der Waals surface area contributed by atoms with Crippen molar-refractivity contribution in [1.29, 1.82) is 0 Å². The van der Waals surface area contributed by atoms with E-state index in [4.69, 9.17) is 14.4 Å². The maximum atomic E-state index is 9.12. The van der Waals surface area contributed by atoms with E-state index in [1.54, 1.807) is 0 Å². The minimum atomic E-state index is -4.87. The Morgan fingerprint density at radius 3 is 1.71 bits per heavy atom. The van der Waals surface area contributed by atoms with Crippen LogP contribution < -0.4 is 15.7 Å². The van der Waals surface area contributed by atoms with Crippen LogP contribution in [0.4, 0.5) is 0 Å². The molecule has 0 amide bonds. The topological polar surface area (TPSA) is 98.4 Å². The summed E-state index contributed by atoms with van der Waals surface area (Å²) in [6.07, 6.45) is 0. The van der Waals surface area contributed by atoms with Gasteiger partial charge < -0.3 is 14.4 Å². The number of nitrogens with two attached hydrogens (primary N) is 1. The first-order chi connectivity index (χ1) is 2.56. The Bertz CT molecular complexity index is 75.8. The molecule has 0 aliphatic rings. The number of hydrogen-bond acceptors (Lipinski definition) is 5. The largest absolute Gasteiger partial charge is 2.00 e. The first-order valence-corrected chi connectivity index (χ1v) is 2.43. The summed E-state index contributed by atoms with van der Waals surface area (Å²) in [7, 11) is -4.87. The second-order valence-corrected chi connectivity index (χ2v) is 1.66. The van der Waals surface area contributed by atoms with Crippen LogP contribution in [0, 0.1) is 0 Å². The van der Waals surface area contributed by atoms with E-state index in [-0.39, 0.29) is 37.7 Å². The molecule has 7 heavy (non-hydrogen) atoms. The van der Waals surface area contributed by atoms with Crippen molar-refractivity contribution in [2.75, 3.05) is 0 Å². The molecule has 0 bridgehead atoms. The number of phosphoric acid groups is 1. The third-order valence-electron chi connectivity index (χ3n) is 0.129. The third-order valence-corrected chi connectivity index (χ3v) is 0.387. The van der Waals surface area contributed by atoms with Crippen molar-refractivity contribution in [2.24, 2.45) is 5.90 Å². The summed E-state index contributed by atoms with van der Waals surface area (Å²) in [6, 6.07) is 0. The Kier molecular flexibility index (Phi) is 6.75. The molecule has 0 aromatic carbocycles. The molecule has 0 spiro atoms. The minimum absolute atomic E-state index is 0. The van der Waals surface area contributed by atoms with E-state index in [1.807, 2.05) is 0 Å². The van der Waals surface area contributed by atoms with Gasteiger partial charge >= 0.3 is 37.7 Å². The molecule has 0 rings (SSSR count). The van der Waals surface area contributed by atoms with Crippen molar-refractivity contribution >= 4 is 45.6 Å². The van der Waals surface area contributed by atoms with Crippen LogP contribution in [-0.2, 0) is 9.19 Å². The average Bonchev–Trinajstić information content (AvgIpc) is 1.35. The van der Waals surface area contributed by atoms with Crippen LogP contribution in [0.2, 0.25) is 0 Å². The first kappa shape index (κ1) is 11.2. The summed E-state index contributed by atoms with van der Waals surface area (Å²) in [5, 5.41) is 0. The van der Waals surface area contributed by atoms with E-state index in [2.05, 4.69) is 10.5 Å². The van der Waals surface area contributed by atoms with Crippen molar-refractivity contribution < 1.29 is 19.0 Å². The zero-order chi connectivity index (χ0) is 5.21. The summed E-state index contributed by atoms with van der Waals surface area (Å²) in [5.41, 5.74) is 0. The first-order valence-electron chi connectivity index (χ1n) is 0.966. The Morgan fingerprint density at radius 2 is 1.71 bits per heavy atom. The minimum Gasteiger partial charge on any atom is -0.788 e. The van der Waals surface area contributed by atoms with Gasteiger partial charge in [0.15, 0.2) is 0 Å². The van der Waals surface area contributed by atoms with Crippen LogP contribution in [0.15, 0.2) is 0 Å². The Balaban J connectivity index is 0. The van der Waals surface area contributed by atoms with E-state index in [0.717, 1.165) is 0 Å². The second kappa shape index (κ2) is 4.23. The van der Waals surface area contributed by atoms with Crippen LogP contribution in [0.1, 0.15) is 0 Å². The molecule has 0 aromatic rings. The molecular formula is H2CaNO4P. The predicted molar refractivity (Wildman–Crippen MR) is 18.6 cm³/mol. The van der Waals surface area contributed by atoms with Crippen molar-refractivity contribution in [3.05, 3.63) is 0 Å². The van der Waals surface area contributed by atoms with Crippen LogP contribution >= 0.6 is 7.82 Å². The Labute approximate surface area is 70.0 Å². The summed E-state index contributed by atoms with van der Waals surface area (Å²) in [4.78, 5) is 18.2. The quantitative estimate of drug-likeness (QED) is 0.250. The summed E-state index contributed by atoms with van der Waals surface area (Å²) >= 11 is 0. The van der Waals surface area contributed by atoms with Crippen molar-refractivity contribution in [3.8, 4) is 0 Å². The van der Waals surface area contributed by atoms with Gasteiger partial charge in [0.25, 0.3) is 0 Å². The monoisotopic (exact) mass is 151 g/mol. The van der Waals surface area contributed by atoms with Crippen molar-refractivity contribution in [3.63, 3.8) is 0 Å².